The normalized spacial score (nSPS) is 12.7. The lowest BCUT2D eigenvalue weighted by molar-refractivity contribution is 0.873. The molecule has 0 aromatic carbocycles. The van der Waals surface area contributed by atoms with E-state index in [4.69, 9.17) is 23.1 Å². The van der Waals surface area contributed by atoms with Crippen molar-refractivity contribution in [3.63, 3.8) is 0 Å². The smallest absolute Gasteiger partial charge is 0.128 e. The van der Waals surface area contributed by atoms with E-state index in [2.05, 4.69) is 4.98 Å². The molecule has 0 aliphatic rings. The first-order valence-corrected chi connectivity index (χ1v) is 5.69. The fraction of sp³-hybridized carbons (Fsp3) is 0.100. The third kappa shape index (κ3) is 2.12. The molecular weight excluding hydrogens is 230 g/mol. The lowest BCUT2D eigenvalue weighted by Gasteiger charge is -2.12. The first kappa shape index (κ1) is 10.4. The van der Waals surface area contributed by atoms with Crippen LogP contribution in [0.5, 0.6) is 0 Å². The van der Waals surface area contributed by atoms with E-state index < -0.39 is 0 Å². The maximum Gasteiger partial charge on any atom is 0.128 e. The van der Waals surface area contributed by atoms with E-state index in [9.17, 15) is 0 Å². The molecule has 0 fully saturated rings. The highest BCUT2D eigenvalue weighted by molar-refractivity contribution is 7.08. The van der Waals surface area contributed by atoms with Crippen molar-refractivity contribution in [2.75, 3.05) is 5.73 Å². The van der Waals surface area contributed by atoms with Gasteiger partial charge in [-0.3, -0.25) is 0 Å². The van der Waals surface area contributed by atoms with Gasteiger partial charge in [-0.1, -0.05) is 11.6 Å². The lowest BCUT2D eigenvalue weighted by atomic mass is 10.0. The molecule has 0 saturated carbocycles. The lowest BCUT2D eigenvalue weighted by Crippen LogP contribution is -2.13. The minimum Gasteiger partial charge on any atom is -0.383 e. The monoisotopic (exact) mass is 239 g/mol. The van der Waals surface area contributed by atoms with Gasteiger partial charge in [0.2, 0.25) is 0 Å². The van der Waals surface area contributed by atoms with E-state index in [-0.39, 0.29) is 6.04 Å². The maximum absolute atomic E-state index is 6.06. The van der Waals surface area contributed by atoms with Crippen LogP contribution in [0, 0.1) is 0 Å². The summed E-state index contributed by atoms with van der Waals surface area (Å²) in [6.07, 6.45) is 1.51. The molecule has 15 heavy (non-hydrogen) atoms. The molecule has 78 valence electrons. The summed E-state index contributed by atoms with van der Waals surface area (Å²) in [5.41, 5.74) is 13.6. The summed E-state index contributed by atoms with van der Waals surface area (Å²) in [6.45, 7) is 0. The molecule has 5 heteroatoms. The van der Waals surface area contributed by atoms with Crippen LogP contribution in [0.1, 0.15) is 17.2 Å². The van der Waals surface area contributed by atoms with Gasteiger partial charge in [-0.25, -0.2) is 4.98 Å². The number of nitrogens with two attached hydrogens (primary N) is 2. The Bertz CT molecular complexity index is 456. The van der Waals surface area contributed by atoms with Crippen molar-refractivity contribution in [2.45, 2.75) is 6.04 Å². The average molecular weight is 240 g/mol. The van der Waals surface area contributed by atoms with Crippen LogP contribution in [-0.4, -0.2) is 4.98 Å². The van der Waals surface area contributed by atoms with E-state index in [1.54, 1.807) is 17.4 Å². The highest BCUT2D eigenvalue weighted by atomic mass is 35.5. The van der Waals surface area contributed by atoms with Crippen LogP contribution in [-0.2, 0) is 0 Å². The van der Waals surface area contributed by atoms with E-state index >= 15 is 0 Å². The summed E-state index contributed by atoms with van der Waals surface area (Å²) in [5, 5.41) is 4.51. The number of rotatable bonds is 2. The number of aromatic nitrogens is 1. The maximum atomic E-state index is 6.06. The molecule has 1 atom stereocenters. The van der Waals surface area contributed by atoms with Gasteiger partial charge >= 0.3 is 0 Å². The van der Waals surface area contributed by atoms with Crippen LogP contribution in [0.15, 0.2) is 29.1 Å². The van der Waals surface area contributed by atoms with Gasteiger partial charge in [-0.2, -0.15) is 11.3 Å². The van der Waals surface area contributed by atoms with Crippen LogP contribution in [0.25, 0.3) is 0 Å². The Kier molecular flexibility index (Phi) is 2.90. The van der Waals surface area contributed by atoms with E-state index in [1.165, 1.54) is 6.20 Å². The molecule has 0 radical (unpaired) electrons. The van der Waals surface area contributed by atoms with Crippen molar-refractivity contribution in [3.8, 4) is 0 Å². The molecule has 0 amide bonds. The molecule has 0 aliphatic heterocycles. The van der Waals surface area contributed by atoms with Gasteiger partial charge in [0.25, 0.3) is 0 Å². The van der Waals surface area contributed by atoms with Crippen LogP contribution < -0.4 is 11.5 Å². The molecule has 0 bridgehead atoms. The molecular formula is C10H10ClN3S. The van der Waals surface area contributed by atoms with Gasteiger partial charge in [0.05, 0.1) is 11.1 Å². The molecule has 2 rings (SSSR count). The molecule has 0 aliphatic carbocycles. The van der Waals surface area contributed by atoms with Crippen molar-refractivity contribution >= 4 is 28.8 Å². The summed E-state index contributed by atoms with van der Waals surface area (Å²) < 4.78 is 0. The zero-order valence-corrected chi connectivity index (χ0v) is 9.42. The first-order chi connectivity index (χ1) is 7.18. The number of thiophene rings is 1. The molecule has 2 aromatic rings. The Hall–Kier alpha value is -1.10. The predicted octanol–water partition coefficient (Wildman–Crippen LogP) is 2.43. The minimum absolute atomic E-state index is 0.262. The minimum atomic E-state index is -0.262. The largest absolute Gasteiger partial charge is 0.383 e. The van der Waals surface area contributed by atoms with Crippen molar-refractivity contribution in [2.24, 2.45) is 5.73 Å². The number of anilines is 1. The van der Waals surface area contributed by atoms with Crippen LogP contribution in [0.2, 0.25) is 5.02 Å². The summed E-state index contributed by atoms with van der Waals surface area (Å²) >= 11 is 7.45. The molecule has 2 heterocycles. The quantitative estimate of drug-likeness (QED) is 0.846. The Morgan fingerprint density at radius 3 is 2.93 bits per heavy atom. The third-order valence-corrected chi connectivity index (χ3v) is 3.06. The number of nitrogens with zero attached hydrogens (tertiary/aromatic N) is 1. The number of nitrogen functional groups attached to an aromatic ring is 1. The summed E-state index contributed by atoms with van der Waals surface area (Å²) in [5.74, 6) is 0.429. The second-order valence-electron chi connectivity index (χ2n) is 3.16. The first-order valence-electron chi connectivity index (χ1n) is 4.37. The highest BCUT2D eigenvalue weighted by Gasteiger charge is 2.13. The van der Waals surface area contributed by atoms with Crippen molar-refractivity contribution in [1.29, 1.82) is 0 Å². The fourth-order valence-corrected chi connectivity index (χ4v) is 2.21. The van der Waals surface area contributed by atoms with Crippen molar-refractivity contribution < 1.29 is 0 Å². The molecule has 0 spiro atoms. The molecule has 0 saturated heterocycles. The summed E-state index contributed by atoms with van der Waals surface area (Å²) in [6, 6.07) is 3.46. The number of pyridine rings is 1. The topological polar surface area (TPSA) is 64.9 Å². The Morgan fingerprint density at radius 2 is 2.27 bits per heavy atom. The summed E-state index contributed by atoms with van der Waals surface area (Å²) in [4.78, 5) is 3.98. The fourth-order valence-electron chi connectivity index (χ4n) is 1.35. The van der Waals surface area contributed by atoms with Crippen LogP contribution in [0.3, 0.4) is 0 Å². The van der Waals surface area contributed by atoms with Crippen LogP contribution >= 0.6 is 22.9 Å². The second kappa shape index (κ2) is 4.18. The molecule has 1 unspecified atom stereocenters. The Labute approximate surface area is 96.7 Å². The van der Waals surface area contributed by atoms with Gasteiger partial charge in [0.1, 0.15) is 5.82 Å². The van der Waals surface area contributed by atoms with Crippen molar-refractivity contribution in [3.05, 3.63) is 45.2 Å². The van der Waals surface area contributed by atoms with Crippen LogP contribution in [0.4, 0.5) is 5.82 Å². The van der Waals surface area contributed by atoms with E-state index in [0.717, 1.165) is 11.1 Å². The third-order valence-electron chi connectivity index (χ3n) is 2.15. The van der Waals surface area contributed by atoms with Gasteiger partial charge in [0.15, 0.2) is 0 Å². The highest BCUT2D eigenvalue weighted by Crippen LogP contribution is 2.26. The van der Waals surface area contributed by atoms with Gasteiger partial charge in [-0.05, 0) is 28.5 Å². The number of hydrogen-bond acceptors (Lipinski definition) is 4. The zero-order valence-electron chi connectivity index (χ0n) is 7.85. The molecule has 4 N–H and O–H groups in total. The standard InChI is InChI=1S/C10H10ClN3S/c11-7-3-8(10(13)14-4-7)9(12)6-1-2-15-5-6/h1-5,9H,12H2,(H2,13,14). The van der Waals surface area contributed by atoms with E-state index in [0.29, 0.717) is 10.8 Å². The Morgan fingerprint density at radius 1 is 1.47 bits per heavy atom. The van der Waals surface area contributed by atoms with Gasteiger partial charge < -0.3 is 11.5 Å². The van der Waals surface area contributed by atoms with Crippen molar-refractivity contribution in [1.82, 2.24) is 4.98 Å². The molecule has 2 aromatic heterocycles. The molecule has 3 nitrogen and oxygen atoms in total. The Balaban J connectivity index is 2.41. The number of halogens is 1. The predicted molar refractivity (Wildman–Crippen MR) is 64.0 cm³/mol. The average Bonchev–Trinajstić information content (AvgIpc) is 2.74. The summed E-state index contributed by atoms with van der Waals surface area (Å²) in [7, 11) is 0. The zero-order chi connectivity index (χ0) is 10.8. The van der Waals surface area contributed by atoms with Gasteiger partial charge in [-0.15, -0.1) is 0 Å². The van der Waals surface area contributed by atoms with E-state index in [1.807, 2.05) is 16.8 Å². The van der Waals surface area contributed by atoms with Gasteiger partial charge in [0, 0.05) is 11.8 Å². The second-order valence-corrected chi connectivity index (χ2v) is 4.38. The SMILES string of the molecule is Nc1ncc(Cl)cc1C(N)c1ccsc1. The number of hydrogen-bond donors (Lipinski definition) is 2.